The summed E-state index contributed by atoms with van der Waals surface area (Å²) in [7, 11) is -3.90. The van der Waals surface area contributed by atoms with E-state index in [0.717, 1.165) is 12.1 Å². The maximum Gasteiger partial charge on any atom is 0.264 e. The van der Waals surface area contributed by atoms with E-state index in [0.29, 0.717) is 0 Å². The Morgan fingerprint density at radius 3 is 2.53 bits per heavy atom. The van der Waals surface area contributed by atoms with Crippen molar-refractivity contribution < 1.29 is 12.8 Å². The molecule has 0 atom stereocenters. The molecule has 2 rings (SSSR count). The predicted molar refractivity (Wildman–Crippen MR) is 68.4 cm³/mol. The van der Waals surface area contributed by atoms with Gasteiger partial charge in [-0.05, 0) is 30.7 Å². The molecule has 100 valence electrons. The van der Waals surface area contributed by atoms with E-state index in [4.69, 9.17) is 5.73 Å². The van der Waals surface area contributed by atoms with Crippen LogP contribution in [-0.2, 0) is 10.0 Å². The molecule has 0 saturated heterocycles. The van der Waals surface area contributed by atoms with E-state index in [-0.39, 0.29) is 22.1 Å². The summed E-state index contributed by atoms with van der Waals surface area (Å²) in [4.78, 5) is 7.39. The van der Waals surface area contributed by atoms with Crippen LogP contribution in [0.15, 0.2) is 35.5 Å². The number of rotatable bonds is 3. The van der Waals surface area contributed by atoms with Crippen molar-refractivity contribution in [1.82, 2.24) is 9.97 Å². The quantitative estimate of drug-likeness (QED) is 0.827. The highest BCUT2D eigenvalue weighted by Gasteiger charge is 2.19. The largest absolute Gasteiger partial charge is 0.396 e. The van der Waals surface area contributed by atoms with Gasteiger partial charge in [-0.25, -0.2) is 27.5 Å². The number of nitrogens with one attached hydrogen (secondary N) is 1. The molecule has 0 radical (unpaired) electrons. The lowest BCUT2D eigenvalue weighted by molar-refractivity contribution is 0.598. The lowest BCUT2D eigenvalue weighted by Crippen LogP contribution is -2.16. The first-order valence-corrected chi connectivity index (χ1v) is 6.74. The molecule has 0 aliphatic heterocycles. The molecule has 0 aliphatic rings. The highest BCUT2D eigenvalue weighted by Crippen LogP contribution is 2.22. The van der Waals surface area contributed by atoms with Gasteiger partial charge in [-0.3, -0.25) is 0 Å². The molecule has 0 spiro atoms. The van der Waals surface area contributed by atoms with Gasteiger partial charge in [0.25, 0.3) is 10.0 Å². The number of aromatic nitrogens is 2. The second-order valence-electron chi connectivity index (χ2n) is 3.82. The van der Waals surface area contributed by atoms with Crippen LogP contribution < -0.4 is 10.5 Å². The van der Waals surface area contributed by atoms with E-state index in [1.165, 1.54) is 19.3 Å². The summed E-state index contributed by atoms with van der Waals surface area (Å²) in [5.74, 6) is -0.725. The number of sulfonamides is 1. The van der Waals surface area contributed by atoms with E-state index in [1.54, 1.807) is 6.07 Å². The second kappa shape index (κ2) is 4.81. The van der Waals surface area contributed by atoms with Crippen molar-refractivity contribution >= 4 is 21.7 Å². The van der Waals surface area contributed by atoms with Crippen molar-refractivity contribution in [3.05, 3.63) is 42.0 Å². The standard InChI is InChI=1S/C11H11FN4O2S/c1-7-5-8(12)9(13)6-10(7)19(17,18)16-11-14-3-2-4-15-11/h2-6H,13H2,1H3,(H,14,15,16). The Balaban J connectivity index is 2.43. The topological polar surface area (TPSA) is 98.0 Å². The van der Waals surface area contributed by atoms with E-state index < -0.39 is 15.8 Å². The van der Waals surface area contributed by atoms with Gasteiger partial charge in [0.2, 0.25) is 5.95 Å². The Bertz CT molecular complexity index is 704. The first-order chi connectivity index (χ1) is 8.90. The van der Waals surface area contributed by atoms with E-state index in [1.807, 2.05) is 0 Å². The van der Waals surface area contributed by atoms with Crippen LogP contribution in [0.1, 0.15) is 5.56 Å². The van der Waals surface area contributed by atoms with Gasteiger partial charge in [0.15, 0.2) is 0 Å². The maximum atomic E-state index is 13.2. The Morgan fingerprint density at radius 1 is 1.26 bits per heavy atom. The number of anilines is 2. The monoisotopic (exact) mass is 282 g/mol. The van der Waals surface area contributed by atoms with Gasteiger partial charge in [-0.1, -0.05) is 0 Å². The molecule has 3 N–H and O–H groups in total. The summed E-state index contributed by atoms with van der Waals surface area (Å²) in [6, 6.07) is 3.69. The van der Waals surface area contributed by atoms with Crippen molar-refractivity contribution in [3.63, 3.8) is 0 Å². The lowest BCUT2D eigenvalue weighted by atomic mass is 10.2. The highest BCUT2D eigenvalue weighted by atomic mass is 32.2. The zero-order valence-corrected chi connectivity index (χ0v) is 10.8. The highest BCUT2D eigenvalue weighted by molar-refractivity contribution is 7.92. The number of halogens is 1. The van der Waals surface area contributed by atoms with Crippen LogP contribution in [0.25, 0.3) is 0 Å². The van der Waals surface area contributed by atoms with Crippen molar-refractivity contribution in [2.75, 3.05) is 10.5 Å². The van der Waals surface area contributed by atoms with Crippen LogP contribution in [0.2, 0.25) is 0 Å². The summed E-state index contributed by atoms with van der Waals surface area (Å²) in [5.41, 5.74) is 5.39. The molecule has 0 unspecified atom stereocenters. The van der Waals surface area contributed by atoms with Crippen LogP contribution in [0.4, 0.5) is 16.0 Å². The molecule has 2 aromatic rings. The molecule has 1 aromatic heterocycles. The fourth-order valence-corrected chi connectivity index (χ4v) is 2.71. The van der Waals surface area contributed by atoms with Crippen molar-refractivity contribution in [1.29, 1.82) is 0 Å². The molecular weight excluding hydrogens is 271 g/mol. The Kier molecular flexibility index (Phi) is 3.34. The molecule has 0 fully saturated rings. The van der Waals surface area contributed by atoms with E-state index in [2.05, 4.69) is 14.7 Å². The number of nitrogens with zero attached hydrogens (tertiary/aromatic N) is 2. The molecule has 0 aliphatic carbocycles. The van der Waals surface area contributed by atoms with Crippen molar-refractivity contribution in [2.45, 2.75) is 11.8 Å². The number of hydrogen-bond acceptors (Lipinski definition) is 5. The Morgan fingerprint density at radius 2 is 1.89 bits per heavy atom. The van der Waals surface area contributed by atoms with Gasteiger partial charge in [0.05, 0.1) is 10.6 Å². The first kappa shape index (κ1) is 13.2. The number of aryl methyl sites for hydroxylation is 1. The molecular formula is C11H11FN4O2S. The first-order valence-electron chi connectivity index (χ1n) is 5.25. The minimum absolute atomic E-state index is 0.0650. The molecule has 0 bridgehead atoms. The van der Waals surface area contributed by atoms with Crippen LogP contribution >= 0.6 is 0 Å². The summed E-state index contributed by atoms with van der Waals surface area (Å²) in [6.07, 6.45) is 2.80. The second-order valence-corrected chi connectivity index (χ2v) is 5.47. The summed E-state index contributed by atoms with van der Waals surface area (Å²) >= 11 is 0. The number of benzene rings is 1. The third kappa shape index (κ3) is 2.79. The third-order valence-corrected chi connectivity index (χ3v) is 3.85. The maximum absolute atomic E-state index is 13.2. The summed E-state index contributed by atoms with van der Waals surface area (Å²) in [5, 5.41) is 0. The van der Waals surface area contributed by atoms with Crippen LogP contribution in [-0.4, -0.2) is 18.4 Å². The summed E-state index contributed by atoms with van der Waals surface area (Å²) in [6.45, 7) is 1.48. The lowest BCUT2D eigenvalue weighted by Gasteiger charge is -2.10. The minimum atomic E-state index is -3.90. The molecule has 1 aromatic carbocycles. The van der Waals surface area contributed by atoms with E-state index >= 15 is 0 Å². The Labute approximate surface area is 109 Å². The Hall–Kier alpha value is -2.22. The van der Waals surface area contributed by atoms with Gasteiger partial charge >= 0.3 is 0 Å². The number of nitrogen functional groups attached to an aromatic ring is 1. The molecule has 1 heterocycles. The van der Waals surface area contributed by atoms with Gasteiger partial charge in [-0.15, -0.1) is 0 Å². The molecule has 8 heteroatoms. The zero-order valence-electron chi connectivity index (χ0n) is 9.96. The molecule has 19 heavy (non-hydrogen) atoms. The minimum Gasteiger partial charge on any atom is -0.396 e. The third-order valence-electron chi connectivity index (χ3n) is 2.38. The van der Waals surface area contributed by atoms with Crippen LogP contribution in [0.5, 0.6) is 0 Å². The summed E-state index contributed by atoms with van der Waals surface area (Å²) < 4.78 is 39.6. The molecule has 6 nitrogen and oxygen atoms in total. The fraction of sp³-hybridized carbons (Fsp3) is 0.0909. The van der Waals surface area contributed by atoms with Gasteiger partial charge < -0.3 is 5.73 Å². The predicted octanol–water partition coefficient (Wildman–Crippen LogP) is 1.31. The van der Waals surface area contributed by atoms with Gasteiger partial charge in [0.1, 0.15) is 5.82 Å². The van der Waals surface area contributed by atoms with Crippen LogP contribution in [0, 0.1) is 12.7 Å². The van der Waals surface area contributed by atoms with Gasteiger partial charge in [0, 0.05) is 12.4 Å². The van der Waals surface area contributed by atoms with Crippen molar-refractivity contribution in [3.8, 4) is 0 Å². The average Bonchev–Trinajstić information content (AvgIpc) is 2.34. The fourth-order valence-electron chi connectivity index (χ4n) is 1.49. The molecule has 0 amide bonds. The van der Waals surface area contributed by atoms with Crippen molar-refractivity contribution in [2.24, 2.45) is 0 Å². The normalized spacial score (nSPS) is 11.3. The smallest absolute Gasteiger partial charge is 0.264 e. The van der Waals surface area contributed by atoms with Crippen LogP contribution in [0.3, 0.4) is 0 Å². The van der Waals surface area contributed by atoms with Gasteiger partial charge in [-0.2, -0.15) is 0 Å². The molecule has 0 saturated carbocycles. The number of nitrogens with two attached hydrogens (primary N) is 1. The average molecular weight is 282 g/mol. The van der Waals surface area contributed by atoms with E-state index in [9.17, 15) is 12.8 Å². The number of hydrogen-bond donors (Lipinski definition) is 2. The zero-order chi connectivity index (χ0) is 14.0. The SMILES string of the molecule is Cc1cc(F)c(N)cc1S(=O)(=O)Nc1ncccn1.